The fourth-order valence-corrected chi connectivity index (χ4v) is 3.49. The monoisotopic (exact) mass is 427 g/mol. The Morgan fingerprint density at radius 2 is 1.67 bits per heavy atom. The molecule has 0 aliphatic rings. The molecule has 30 heavy (non-hydrogen) atoms. The topological polar surface area (TPSA) is 113 Å². The van der Waals surface area contributed by atoms with Crippen LogP contribution in [0, 0.1) is 10.1 Å². The Kier molecular flexibility index (Phi) is 6.12. The standard InChI is InChI=1S/C21H17NO7S/c1-30(26,27)20-12-11-15(13-18(20)22(24)25)21(23)28-14-16-7-5-6-10-19(16)29-17-8-3-2-4-9-17/h2-13H,14H2,1H3. The number of hydrogen-bond donors (Lipinski definition) is 0. The number of benzene rings is 3. The Morgan fingerprint density at radius 1 is 1.00 bits per heavy atom. The Morgan fingerprint density at radius 3 is 2.33 bits per heavy atom. The van der Waals surface area contributed by atoms with Crippen molar-refractivity contribution < 1.29 is 27.6 Å². The summed E-state index contributed by atoms with van der Waals surface area (Å²) in [6, 6.07) is 19.1. The van der Waals surface area contributed by atoms with Crippen molar-refractivity contribution in [2.24, 2.45) is 0 Å². The van der Waals surface area contributed by atoms with E-state index in [2.05, 4.69) is 0 Å². The molecule has 0 aliphatic carbocycles. The molecule has 0 aliphatic heterocycles. The highest BCUT2D eigenvalue weighted by Crippen LogP contribution is 2.27. The van der Waals surface area contributed by atoms with Crippen molar-refractivity contribution in [1.29, 1.82) is 0 Å². The maximum absolute atomic E-state index is 12.4. The number of carbonyl (C=O) groups excluding carboxylic acids is 1. The molecule has 0 bridgehead atoms. The van der Waals surface area contributed by atoms with Crippen LogP contribution in [0.2, 0.25) is 0 Å². The summed E-state index contributed by atoms with van der Waals surface area (Å²) in [6.07, 6.45) is 0.858. The zero-order valence-corrected chi connectivity index (χ0v) is 16.7. The number of esters is 1. The maximum Gasteiger partial charge on any atom is 0.338 e. The largest absolute Gasteiger partial charge is 0.457 e. The van der Waals surface area contributed by atoms with Gasteiger partial charge in [0.15, 0.2) is 9.84 Å². The van der Waals surface area contributed by atoms with Gasteiger partial charge in [0.1, 0.15) is 23.0 Å². The summed E-state index contributed by atoms with van der Waals surface area (Å²) in [6.45, 7) is -0.135. The molecule has 0 spiro atoms. The van der Waals surface area contributed by atoms with Crippen molar-refractivity contribution in [2.75, 3.05) is 6.26 Å². The molecule has 0 saturated heterocycles. The second-order valence-electron chi connectivity index (χ2n) is 6.31. The van der Waals surface area contributed by atoms with E-state index in [9.17, 15) is 23.3 Å². The van der Waals surface area contributed by atoms with Crippen molar-refractivity contribution in [3.8, 4) is 11.5 Å². The molecule has 3 aromatic carbocycles. The van der Waals surface area contributed by atoms with Crippen molar-refractivity contribution in [3.05, 3.63) is 94.0 Å². The zero-order chi connectivity index (χ0) is 21.7. The minimum absolute atomic E-state index is 0.129. The first-order valence-corrected chi connectivity index (χ1v) is 10.6. The van der Waals surface area contributed by atoms with E-state index in [1.165, 1.54) is 6.07 Å². The summed E-state index contributed by atoms with van der Waals surface area (Å²) in [5, 5.41) is 11.2. The van der Waals surface area contributed by atoms with Crippen molar-refractivity contribution in [1.82, 2.24) is 0 Å². The van der Waals surface area contributed by atoms with E-state index in [0.717, 1.165) is 18.4 Å². The number of nitro benzene ring substituents is 1. The van der Waals surface area contributed by atoms with Gasteiger partial charge in [0.25, 0.3) is 5.69 Å². The average Bonchev–Trinajstić information content (AvgIpc) is 2.72. The lowest BCUT2D eigenvalue weighted by Crippen LogP contribution is -2.09. The summed E-state index contributed by atoms with van der Waals surface area (Å²) < 4.78 is 34.5. The predicted octanol–water partition coefficient (Wildman–Crippen LogP) is 4.15. The van der Waals surface area contributed by atoms with Gasteiger partial charge in [-0.1, -0.05) is 36.4 Å². The number of ether oxygens (including phenoxy) is 2. The van der Waals surface area contributed by atoms with Crippen LogP contribution < -0.4 is 4.74 Å². The fourth-order valence-electron chi connectivity index (χ4n) is 2.67. The van der Waals surface area contributed by atoms with Gasteiger partial charge in [0.05, 0.1) is 10.5 Å². The Labute approximate surface area is 172 Å². The smallest absolute Gasteiger partial charge is 0.338 e. The van der Waals surface area contributed by atoms with Gasteiger partial charge in [-0.15, -0.1) is 0 Å². The Balaban J connectivity index is 1.78. The fraction of sp³-hybridized carbons (Fsp3) is 0.0952. The Bertz CT molecular complexity index is 1190. The van der Waals surface area contributed by atoms with Crippen molar-refractivity contribution in [3.63, 3.8) is 0 Å². The number of rotatable bonds is 7. The van der Waals surface area contributed by atoms with Crippen LogP contribution >= 0.6 is 0 Å². The van der Waals surface area contributed by atoms with Crippen LogP contribution in [0.5, 0.6) is 11.5 Å². The number of hydrogen-bond acceptors (Lipinski definition) is 7. The molecule has 3 rings (SSSR count). The van der Waals surface area contributed by atoms with Crippen LogP contribution in [0.25, 0.3) is 0 Å². The second kappa shape index (κ2) is 8.75. The lowest BCUT2D eigenvalue weighted by molar-refractivity contribution is -0.387. The quantitative estimate of drug-likeness (QED) is 0.316. The zero-order valence-electron chi connectivity index (χ0n) is 15.8. The lowest BCUT2D eigenvalue weighted by atomic mass is 10.2. The third-order valence-corrected chi connectivity index (χ3v) is 5.24. The molecule has 0 radical (unpaired) electrons. The molecule has 0 aromatic heterocycles. The molecular weight excluding hydrogens is 410 g/mol. The van der Waals surface area contributed by atoms with Crippen LogP contribution in [0.3, 0.4) is 0 Å². The van der Waals surface area contributed by atoms with Gasteiger partial charge < -0.3 is 9.47 Å². The first-order chi connectivity index (χ1) is 14.3. The number of carbonyl (C=O) groups is 1. The minimum Gasteiger partial charge on any atom is -0.457 e. The van der Waals surface area contributed by atoms with Crippen molar-refractivity contribution >= 4 is 21.5 Å². The van der Waals surface area contributed by atoms with Gasteiger partial charge >= 0.3 is 5.97 Å². The highest BCUT2D eigenvalue weighted by Gasteiger charge is 2.24. The van der Waals surface area contributed by atoms with Crippen LogP contribution in [0.1, 0.15) is 15.9 Å². The van der Waals surface area contributed by atoms with E-state index in [1.54, 1.807) is 36.4 Å². The molecule has 0 fully saturated rings. The Hall–Kier alpha value is -3.72. The normalized spacial score (nSPS) is 11.0. The van der Waals surface area contributed by atoms with E-state index >= 15 is 0 Å². The molecule has 9 heteroatoms. The van der Waals surface area contributed by atoms with Gasteiger partial charge in [-0.2, -0.15) is 0 Å². The van der Waals surface area contributed by atoms with E-state index < -0.39 is 31.3 Å². The van der Waals surface area contributed by atoms with Gasteiger partial charge in [-0.05, 0) is 30.3 Å². The SMILES string of the molecule is CS(=O)(=O)c1ccc(C(=O)OCc2ccccc2Oc2ccccc2)cc1[N+](=O)[O-]. The highest BCUT2D eigenvalue weighted by atomic mass is 32.2. The summed E-state index contributed by atoms with van der Waals surface area (Å²) in [5.74, 6) is 0.283. The molecule has 3 aromatic rings. The number of nitro groups is 1. The summed E-state index contributed by atoms with van der Waals surface area (Å²) in [5.41, 5.74) is -0.215. The minimum atomic E-state index is -3.82. The van der Waals surface area contributed by atoms with E-state index in [1.807, 2.05) is 18.2 Å². The number of sulfone groups is 1. The lowest BCUT2D eigenvalue weighted by Gasteiger charge is -2.12. The average molecular weight is 427 g/mol. The first kappa shape index (κ1) is 21.0. The molecule has 0 heterocycles. The highest BCUT2D eigenvalue weighted by molar-refractivity contribution is 7.90. The van der Waals surface area contributed by atoms with Gasteiger partial charge in [0.2, 0.25) is 0 Å². The second-order valence-corrected chi connectivity index (χ2v) is 8.29. The van der Waals surface area contributed by atoms with Crippen molar-refractivity contribution in [2.45, 2.75) is 11.5 Å². The molecule has 8 nitrogen and oxygen atoms in total. The van der Waals surface area contributed by atoms with Gasteiger partial charge in [-0.3, -0.25) is 10.1 Å². The predicted molar refractivity (Wildman–Crippen MR) is 108 cm³/mol. The van der Waals surface area contributed by atoms with Gasteiger partial charge in [-0.25, -0.2) is 13.2 Å². The van der Waals surface area contributed by atoms with Crippen LogP contribution in [-0.2, 0) is 21.2 Å². The van der Waals surface area contributed by atoms with Gasteiger partial charge in [0, 0.05) is 17.9 Å². The van der Waals surface area contributed by atoms with Crippen LogP contribution in [0.4, 0.5) is 5.69 Å². The maximum atomic E-state index is 12.4. The molecule has 0 atom stereocenters. The summed E-state index contributed by atoms with van der Waals surface area (Å²) in [4.78, 5) is 22.3. The van der Waals surface area contributed by atoms with Crippen LogP contribution in [-0.4, -0.2) is 25.6 Å². The van der Waals surface area contributed by atoms with E-state index in [-0.39, 0.29) is 12.2 Å². The third kappa shape index (κ3) is 5.00. The van der Waals surface area contributed by atoms with Crippen LogP contribution in [0.15, 0.2) is 77.7 Å². The number of para-hydroxylation sites is 2. The summed E-state index contributed by atoms with van der Waals surface area (Å²) >= 11 is 0. The third-order valence-electron chi connectivity index (χ3n) is 4.09. The first-order valence-electron chi connectivity index (χ1n) is 8.72. The molecule has 0 amide bonds. The molecule has 0 saturated carbocycles. The number of nitrogens with zero attached hydrogens (tertiary/aromatic N) is 1. The molecule has 0 N–H and O–H groups in total. The van der Waals surface area contributed by atoms with E-state index in [4.69, 9.17) is 9.47 Å². The molecular formula is C21H17NO7S. The molecule has 0 unspecified atom stereocenters. The van der Waals surface area contributed by atoms with E-state index in [0.29, 0.717) is 17.1 Å². The molecule has 154 valence electrons. The summed E-state index contributed by atoms with van der Waals surface area (Å²) in [7, 11) is -3.82.